The molecular weight excluding hydrogens is 446 g/mol. The summed E-state index contributed by atoms with van der Waals surface area (Å²) in [4.78, 5) is 53.9. The van der Waals surface area contributed by atoms with E-state index in [2.05, 4.69) is 5.32 Å². The maximum atomic E-state index is 13.4. The van der Waals surface area contributed by atoms with Crippen LogP contribution in [0.2, 0.25) is 0 Å². The first kappa shape index (κ1) is 22.6. The Hall–Kier alpha value is -4.20. The molecular formula is C27H25N3O5. The first-order valence-corrected chi connectivity index (χ1v) is 11.5. The molecule has 8 nitrogen and oxygen atoms in total. The van der Waals surface area contributed by atoms with Gasteiger partial charge in [0.05, 0.1) is 13.7 Å². The van der Waals surface area contributed by atoms with Gasteiger partial charge in [0.2, 0.25) is 5.91 Å². The van der Waals surface area contributed by atoms with E-state index in [4.69, 9.17) is 4.74 Å². The summed E-state index contributed by atoms with van der Waals surface area (Å²) in [5, 5.41) is 4.60. The van der Waals surface area contributed by atoms with Crippen LogP contribution in [0, 0.1) is 0 Å². The number of amides is 4. The van der Waals surface area contributed by atoms with Crippen molar-refractivity contribution in [3.8, 4) is 5.75 Å². The summed E-state index contributed by atoms with van der Waals surface area (Å²) >= 11 is 0. The predicted molar refractivity (Wildman–Crippen MR) is 130 cm³/mol. The SMILES string of the molecule is COc1ccc2cc([C@@]3(C)NC(=O)N(CC(=O)c4cccc(N5CCCC5=O)c4)C3=O)ccc2c1. The fraction of sp³-hybridized carbons (Fsp3) is 0.259. The van der Waals surface area contributed by atoms with Gasteiger partial charge in [-0.15, -0.1) is 0 Å². The summed E-state index contributed by atoms with van der Waals surface area (Å²) < 4.78 is 5.26. The normalized spacial score (nSPS) is 20.0. The lowest BCUT2D eigenvalue weighted by molar-refractivity contribution is -0.130. The lowest BCUT2D eigenvalue weighted by atomic mass is 9.90. The average Bonchev–Trinajstić information content (AvgIpc) is 3.39. The third-order valence-corrected chi connectivity index (χ3v) is 6.75. The maximum Gasteiger partial charge on any atom is 0.325 e. The van der Waals surface area contributed by atoms with E-state index in [-0.39, 0.29) is 18.2 Å². The number of imide groups is 1. The summed E-state index contributed by atoms with van der Waals surface area (Å²) in [6.07, 6.45) is 1.27. The molecule has 0 saturated carbocycles. The summed E-state index contributed by atoms with van der Waals surface area (Å²) in [6.45, 7) is 1.87. The molecule has 35 heavy (non-hydrogen) atoms. The van der Waals surface area contributed by atoms with Gasteiger partial charge in [0.1, 0.15) is 11.3 Å². The van der Waals surface area contributed by atoms with Crippen molar-refractivity contribution in [3.63, 3.8) is 0 Å². The van der Waals surface area contributed by atoms with E-state index >= 15 is 0 Å². The van der Waals surface area contributed by atoms with Gasteiger partial charge in [0.25, 0.3) is 5.91 Å². The zero-order valence-electron chi connectivity index (χ0n) is 19.5. The van der Waals surface area contributed by atoms with Gasteiger partial charge in [-0.2, -0.15) is 0 Å². The van der Waals surface area contributed by atoms with Gasteiger partial charge in [-0.05, 0) is 60.0 Å². The molecule has 5 rings (SSSR count). The van der Waals surface area contributed by atoms with Crippen LogP contribution in [0.4, 0.5) is 10.5 Å². The predicted octanol–water partition coefficient (Wildman–Crippen LogP) is 3.63. The third-order valence-electron chi connectivity index (χ3n) is 6.75. The van der Waals surface area contributed by atoms with Crippen LogP contribution in [0.25, 0.3) is 10.8 Å². The number of carbonyl (C=O) groups is 4. The van der Waals surface area contributed by atoms with Gasteiger partial charge >= 0.3 is 6.03 Å². The summed E-state index contributed by atoms with van der Waals surface area (Å²) in [5.74, 6) is -0.121. The maximum absolute atomic E-state index is 13.4. The molecule has 3 aromatic carbocycles. The van der Waals surface area contributed by atoms with Crippen LogP contribution in [0.1, 0.15) is 35.7 Å². The third kappa shape index (κ3) is 3.90. The molecule has 3 aromatic rings. The first-order chi connectivity index (χ1) is 16.8. The van der Waals surface area contributed by atoms with E-state index in [9.17, 15) is 19.2 Å². The summed E-state index contributed by atoms with van der Waals surface area (Å²) in [7, 11) is 1.60. The number of fused-ring (bicyclic) bond motifs is 1. The Bertz CT molecular complexity index is 1380. The van der Waals surface area contributed by atoms with Crippen LogP contribution < -0.4 is 15.0 Å². The zero-order valence-corrected chi connectivity index (χ0v) is 19.5. The lowest BCUT2D eigenvalue weighted by Gasteiger charge is -2.23. The molecule has 8 heteroatoms. The molecule has 1 atom stereocenters. The van der Waals surface area contributed by atoms with Crippen molar-refractivity contribution in [2.75, 3.05) is 25.1 Å². The number of nitrogens with one attached hydrogen (secondary N) is 1. The number of benzene rings is 3. The fourth-order valence-corrected chi connectivity index (χ4v) is 4.70. The van der Waals surface area contributed by atoms with Crippen molar-refractivity contribution in [1.29, 1.82) is 0 Å². The number of hydrogen-bond acceptors (Lipinski definition) is 5. The second kappa shape index (κ2) is 8.54. The number of carbonyl (C=O) groups excluding carboxylic acids is 4. The summed E-state index contributed by atoms with van der Waals surface area (Å²) in [6, 6.07) is 17.3. The minimum Gasteiger partial charge on any atom is -0.497 e. The molecule has 178 valence electrons. The topological polar surface area (TPSA) is 96.0 Å². The molecule has 2 fully saturated rings. The molecule has 2 heterocycles. The van der Waals surface area contributed by atoms with Gasteiger partial charge in [-0.1, -0.05) is 30.3 Å². The van der Waals surface area contributed by atoms with Crippen LogP contribution in [0.15, 0.2) is 60.7 Å². The Morgan fingerprint density at radius 1 is 1.03 bits per heavy atom. The Morgan fingerprint density at radius 3 is 2.54 bits per heavy atom. The van der Waals surface area contributed by atoms with E-state index < -0.39 is 17.5 Å². The fourth-order valence-electron chi connectivity index (χ4n) is 4.70. The van der Waals surface area contributed by atoms with E-state index in [0.29, 0.717) is 29.8 Å². The van der Waals surface area contributed by atoms with Crippen LogP contribution >= 0.6 is 0 Å². The quantitative estimate of drug-likeness (QED) is 0.438. The summed E-state index contributed by atoms with van der Waals surface area (Å²) in [5.41, 5.74) is 0.317. The van der Waals surface area contributed by atoms with E-state index in [0.717, 1.165) is 27.8 Å². The molecule has 2 aliphatic rings. The van der Waals surface area contributed by atoms with Crippen LogP contribution in [0.5, 0.6) is 5.75 Å². The molecule has 2 saturated heterocycles. The highest BCUT2D eigenvalue weighted by Crippen LogP contribution is 2.32. The van der Waals surface area contributed by atoms with Crippen LogP contribution in [0.3, 0.4) is 0 Å². The smallest absolute Gasteiger partial charge is 0.325 e. The van der Waals surface area contributed by atoms with Crippen molar-refractivity contribution in [2.24, 2.45) is 0 Å². The number of hydrogen-bond donors (Lipinski definition) is 1. The monoisotopic (exact) mass is 471 g/mol. The molecule has 0 aliphatic carbocycles. The highest BCUT2D eigenvalue weighted by atomic mass is 16.5. The molecule has 4 amide bonds. The first-order valence-electron chi connectivity index (χ1n) is 11.5. The number of ketones is 1. The molecule has 0 unspecified atom stereocenters. The highest BCUT2D eigenvalue weighted by molar-refractivity contribution is 6.11. The van der Waals surface area contributed by atoms with Crippen LogP contribution in [-0.4, -0.2) is 48.7 Å². The molecule has 1 N–H and O–H groups in total. The zero-order chi connectivity index (χ0) is 24.7. The number of rotatable bonds is 6. The molecule has 2 aliphatic heterocycles. The number of Topliss-reactive ketones (excluding diaryl/α,β-unsaturated/α-hetero) is 1. The van der Waals surface area contributed by atoms with Crippen LogP contribution in [-0.2, 0) is 15.1 Å². The van der Waals surface area contributed by atoms with E-state index in [1.54, 1.807) is 49.3 Å². The van der Waals surface area contributed by atoms with Gasteiger partial charge in [-0.3, -0.25) is 19.3 Å². The van der Waals surface area contributed by atoms with E-state index in [1.165, 1.54) is 0 Å². The average molecular weight is 472 g/mol. The number of nitrogens with zero attached hydrogens (tertiary/aromatic N) is 2. The second-order valence-corrected chi connectivity index (χ2v) is 9.00. The molecule has 0 spiro atoms. The highest BCUT2D eigenvalue weighted by Gasteiger charge is 2.49. The number of anilines is 1. The Morgan fingerprint density at radius 2 is 1.80 bits per heavy atom. The van der Waals surface area contributed by atoms with Crippen molar-refractivity contribution < 1.29 is 23.9 Å². The second-order valence-electron chi connectivity index (χ2n) is 9.00. The van der Waals surface area contributed by atoms with Gasteiger partial charge in [-0.25, -0.2) is 4.79 Å². The van der Waals surface area contributed by atoms with Crippen molar-refractivity contribution in [2.45, 2.75) is 25.3 Å². The number of methoxy groups -OCH3 is 1. The molecule has 0 radical (unpaired) electrons. The number of urea groups is 1. The molecule has 0 bridgehead atoms. The van der Waals surface area contributed by atoms with Gasteiger partial charge < -0.3 is 15.0 Å². The Balaban J connectivity index is 1.37. The van der Waals surface area contributed by atoms with Gasteiger partial charge in [0, 0.05) is 24.2 Å². The molecule has 0 aromatic heterocycles. The Kier molecular flexibility index (Phi) is 5.51. The van der Waals surface area contributed by atoms with Gasteiger partial charge in [0.15, 0.2) is 5.78 Å². The largest absolute Gasteiger partial charge is 0.497 e. The van der Waals surface area contributed by atoms with E-state index in [1.807, 2.05) is 30.3 Å². The minimum atomic E-state index is -1.30. The number of ether oxygens (including phenoxy) is 1. The Labute approximate surface area is 202 Å². The van der Waals surface area contributed by atoms with Crippen molar-refractivity contribution >= 4 is 40.1 Å². The minimum absolute atomic E-state index is 0.0216. The van der Waals surface area contributed by atoms with Crippen molar-refractivity contribution in [1.82, 2.24) is 10.2 Å². The van der Waals surface area contributed by atoms with Crippen molar-refractivity contribution in [3.05, 3.63) is 71.8 Å². The standard InChI is InChI=1S/C27H25N3O5/c1-27(20-10-8-18-15-22(35-2)11-9-17(18)13-20)25(33)30(26(34)28-27)16-23(31)19-5-3-6-21(14-19)29-12-4-7-24(29)32/h3,5-6,8-11,13-15H,4,7,12,16H2,1-2H3,(H,28,34)/t27-/m1/s1. The lowest BCUT2D eigenvalue weighted by Crippen LogP contribution is -2.41.